The zero-order valence-electron chi connectivity index (χ0n) is 10.5. The third kappa shape index (κ3) is 3.54. The third-order valence-corrected chi connectivity index (χ3v) is 3.57. The van der Waals surface area contributed by atoms with Crippen LogP contribution in [0.15, 0.2) is 10.7 Å². The molecule has 18 heavy (non-hydrogen) atoms. The lowest BCUT2D eigenvalue weighted by atomic mass is 10.3. The number of hydrazine groups is 1. The number of halogens is 1. The molecule has 0 amide bonds. The normalized spacial score (nSPS) is 17.7. The van der Waals surface area contributed by atoms with Gasteiger partial charge in [0.05, 0.1) is 4.47 Å². The van der Waals surface area contributed by atoms with Crippen LogP contribution in [0.25, 0.3) is 0 Å². The lowest BCUT2D eigenvalue weighted by Crippen LogP contribution is -2.33. The molecule has 1 aliphatic heterocycles. The van der Waals surface area contributed by atoms with E-state index in [1.54, 1.807) is 6.20 Å². The van der Waals surface area contributed by atoms with Gasteiger partial charge in [-0.1, -0.05) is 0 Å². The summed E-state index contributed by atoms with van der Waals surface area (Å²) in [6, 6.07) is 0.333. The predicted octanol–water partition coefficient (Wildman–Crippen LogP) is 1.42. The van der Waals surface area contributed by atoms with Crippen molar-refractivity contribution in [2.75, 3.05) is 30.4 Å². The molecular weight excluding hydrogens is 296 g/mol. The minimum absolute atomic E-state index is 0.333. The van der Waals surface area contributed by atoms with E-state index in [-0.39, 0.29) is 0 Å². The van der Waals surface area contributed by atoms with Crippen LogP contribution in [0.5, 0.6) is 0 Å². The molecule has 0 bridgehead atoms. The Labute approximate surface area is 115 Å². The van der Waals surface area contributed by atoms with Crippen molar-refractivity contribution in [2.24, 2.45) is 5.84 Å². The first-order chi connectivity index (χ1) is 8.69. The highest BCUT2D eigenvalue weighted by Crippen LogP contribution is 2.21. The van der Waals surface area contributed by atoms with Gasteiger partial charge in [0.15, 0.2) is 0 Å². The Morgan fingerprint density at radius 1 is 1.50 bits per heavy atom. The lowest BCUT2D eigenvalue weighted by Gasteiger charge is -2.22. The van der Waals surface area contributed by atoms with Crippen LogP contribution in [0.2, 0.25) is 0 Å². The second-order valence-electron chi connectivity index (χ2n) is 4.59. The maximum atomic E-state index is 5.31. The van der Waals surface area contributed by atoms with E-state index in [0.717, 1.165) is 16.8 Å². The van der Waals surface area contributed by atoms with Gasteiger partial charge < -0.3 is 10.2 Å². The van der Waals surface area contributed by atoms with Crippen molar-refractivity contribution >= 4 is 27.7 Å². The summed E-state index contributed by atoms with van der Waals surface area (Å²) in [6.07, 6.45) is 4.31. The van der Waals surface area contributed by atoms with Crippen LogP contribution >= 0.6 is 15.9 Å². The molecule has 1 aromatic rings. The van der Waals surface area contributed by atoms with Crippen LogP contribution < -0.4 is 16.6 Å². The summed E-state index contributed by atoms with van der Waals surface area (Å²) < 4.78 is 0.842. The van der Waals surface area contributed by atoms with Crippen LogP contribution in [0.1, 0.15) is 19.8 Å². The SMILES string of the molecule is CC(CN1CCCC1)Nc1nc(NN)ncc1Br. The standard InChI is InChI=1S/C11H19BrN6/c1-8(7-18-4-2-3-5-18)15-10-9(12)6-14-11(16-10)17-13/h6,8H,2-5,7,13H2,1H3,(H2,14,15,16,17). The van der Waals surface area contributed by atoms with E-state index in [1.807, 2.05) is 0 Å². The zero-order chi connectivity index (χ0) is 13.0. The van der Waals surface area contributed by atoms with Gasteiger partial charge in [-0.25, -0.2) is 10.8 Å². The molecule has 0 aliphatic carbocycles. The molecule has 0 aromatic carbocycles. The van der Waals surface area contributed by atoms with Crippen LogP contribution in [0, 0.1) is 0 Å². The van der Waals surface area contributed by atoms with Gasteiger partial charge in [-0.05, 0) is 48.8 Å². The second kappa shape index (κ2) is 6.31. The lowest BCUT2D eigenvalue weighted by molar-refractivity contribution is 0.327. The molecule has 1 unspecified atom stereocenters. The van der Waals surface area contributed by atoms with Crippen molar-refractivity contribution in [2.45, 2.75) is 25.8 Å². The highest BCUT2D eigenvalue weighted by atomic mass is 79.9. The number of likely N-dealkylation sites (tertiary alicyclic amines) is 1. The van der Waals surface area contributed by atoms with Crippen LogP contribution in [-0.2, 0) is 0 Å². The first-order valence-corrected chi connectivity index (χ1v) is 6.96. The number of nitrogens with one attached hydrogen (secondary N) is 2. The van der Waals surface area contributed by atoms with Crippen molar-refractivity contribution in [3.63, 3.8) is 0 Å². The van der Waals surface area contributed by atoms with E-state index in [1.165, 1.54) is 25.9 Å². The van der Waals surface area contributed by atoms with Crippen LogP contribution in [-0.4, -0.2) is 40.5 Å². The van der Waals surface area contributed by atoms with E-state index in [9.17, 15) is 0 Å². The van der Waals surface area contributed by atoms with Crippen molar-refractivity contribution in [1.82, 2.24) is 14.9 Å². The van der Waals surface area contributed by atoms with Gasteiger partial charge >= 0.3 is 0 Å². The number of aromatic nitrogens is 2. The van der Waals surface area contributed by atoms with Crippen LogP contribution in [0.3, 0.4) is 0 Å². The quantitative estimate of drug-likeness (QED) is 0.563. The summed E-state index contributed by atoms with van der Waals surface area (Å²) in [5, 5.41) is 3.38. The Morgan fingerprint density at radius 2 is 2.22 bits per heavy atom. The topological polar surface area (TPSA) is 79.1 Å². The number of hydrogen-bond donors (Lipinski definition) is 3. The number of nitrogens with two attached hydrogens (primary N) is 1. The second-order valence-corrected chi connectivity index (χ2v) is 5.44. The zero-order valence-corrected chi connectivity index (χ0v) is 12.1. The highest BCUT2D eigenvalue weighted by molar-refractivity contribution is 9.10. The Morgan fingerprint density at radius 3 is 2.89 bits per heavy atom. The molecule has 1 aromatic heterocycles. The van der Waals surface area contributed by atoms with Gasteiger partial charge in [-0.2, -0.15) is 4.98 Å². The van der Waals surface area contributed by atoms with Crippen molar-refractivity contribution < 1.29 is 0 Å². The fraction of sp³-hybridized carbons (Fsp3) is 0.636. The molecule has 2 heterocycles. The van der Waals surface area contributed by atoms with E-state index < -0.39 is 0 Å². The van der Waals surface area contributed by atoms with Crippen molar-refractivity contribution in [1.29, 1.82) is 0 Å². The van der Waals surface area contributed by atoms with E-state index in [0.29, 0.717) is 12.0 Å². The summed E-state index contributed by atoms with van der Waals surface area (Å²) in [4.78, 5) is 10.8. The Kier molecular flexibility index (Phi) is 4.73. The molecule has 7 heteroatoms. The Hall–Kier alpha value is -0.920. The molecule has 1 saturated heterocycles. The maximum Gasteiger partial charge on any atom is 0.239 e. The van der Waals surface area contributed by atoms with Gasteiger partial charge in [0.25, 0.3) is 0 Å². The molecule has 0 radical (unpaired) electrons. The van der Waals surface area contributed by atoms with E-state index >= 15 is 0 Å². The summed E-state index contributed by atoms with van der Waals surface area (Å²) in [6.45, 7) is 5.59. The molecule has 1 atom stereocenters. The average Bonchev–Trinajstić information content (AvgIpc) is 2.84. The predicted molar refractivity (Wildman–Crippen MR) is 76.3 cm³/mol. The Balaban J connectivity index is 1.94. The summed E-state index contributed by atoms with van der Waals surface area (Å²) >= 11 is 3.43. The minimum atomic E-state index is 0.333. The molecular formula is C11H19BrN6. The van der Waals surface area contributed by atoms with E-state index in [4.69, 9.17) is 5.84 Å². The van der Waals surface area contributed by atoms with Crippen LogP contribution in [0.4, 0.5) is 11.8 Å². The molecule has 1 aliphatic rings. The Bertz CT molecular complexity index is 393. The smallest absolute Gasteiger partial charge is 0.239 e. The largest absolute Gasteiger partial charge is 0.365 e. The summed E-state index contributed by atoms with van der Waals surface area (Å²) in [5.41, 5.74) is 2.45. The third-order valence-electron chi connectivity index (χ3n) is 2.99. The number of nitrogens with zero attached hydrogens (tertiary/aromatic N) is 3. The van der Waals surface area contributed by atoms with Crippen molar-refractivity contribution in [3.05, 3.63) is 10.7 Å². The molecule has 0 saturated carbocycles. The molecule has 1 fully saturated rings. The molecule has 100 valence electrons. The van der Waals surface area contributed by atoms with Gasteiger partial charge in [-0.3, -0.25) is 5.43 Å². The number of nitrogen functional groups attached to an aromatic ring is 1. The monoisotopic (exact) mass is 314 g/mol. The minimum Gasteiger partial charge on any atom is -0.365 e. The molecule has 0 spiro atoms. The number of hydrogen-bond acceptors (Lipinski definition) is 6. The molecule has 2 rings (SSSR count). The summed E-state index contributed by atoms with van der Waals surface area (Å²) in [5.74, 6) is 6.48. The molecule has 6 nitrogen and oxygen atoms in total. The van der Waals surface area contributed by atoms with Gasteiger partial charge in [0.2, 0.25) is 5.95 Å². The first-order valence-electron chi connectivity index (χ1n) is 6.17. The number of anilines is 2. The van der Waals surface area contributed by atoms with Gasteiger partial charge in [0, 0.05) is 18.8 Å². The average molecular weight is 315 g/mol. The molecule has 4 N–H and O–H groups in total. The number of rotatable bonds is 5. The van der Waals surface area contributed by atoms with Gasteiger partial charge in [0.1, 0.15) is 5.82 Å². The fourth-order valence-electron chi connectivity index (χ4n) is 2.17. The van der Waals surface area contributed by atoms with Gasteiger partial charge in [-0.15, -0.1) is 0 Å². The maximum absolute atomic E-state index is 5.31. The van der Waals surface area contributed by atoms with Crippen molar-refractivity contribution in [3.8, 4) is 0 Å². The summed E-state index contributed by atoms with van der Waals surface area (Å²) in [7, 11) is 0. The first kappa shape index (κ1) is 13.5. The fourth-order valence-corrected chi connectivity index (χ4v) is 2.47. The highest BCUT2D eigenvalue weighted by Gasteiger charge is 2.15. The van der Waals surface area contributed by atoms with E-state index in [2.05, 4.69) is 48.5 Å².